The molecule has 98 valence electrons. The van der Waals surface area contributed by atoms with Gasteiger partial charge in [0.1, 0.15) is 5.69 Å². The van der Waals surface area contributed by atoms with Gasteiger partial charge < -0.3 is 11.1 Å². The Labute approximate surface area is 109 Å². The van der Waals surface area contributed by atoms with Crippen LogP contribution in [-0.2, 0) is 0 Å². The number of carbonyl (C=O) groups excluding carboxylic acids is 1. The molecule has 0 radical (unpaired) electrons. The van der Waals surface area contributed by atoms with Crippen LogP contribution in [0.1, 0.15) is 17.3 Å². The van der Waals surface area contributed by atoms with Crippen molar-refractivity contribution in [1.29, 1.82) is 0 Å². The molecule has 0 fully saturated rings. The Hall–Kier alpha value is -1.76. The van der Waals surface area contributed by atoms with Gasteiger partial charge in [0.15, 0.2) is 0 Å². The Morgan fingerprint density at radius 1 is 1.61 bits per heavy atom. The van der Waals surface area contributed by atoms with Gasteiger partial charge in [0, 0.05) is 23.4 Å². The van der Waals surface area contributed by atoms with E-state index < -0.39 is 4.92 Å². The van der Waals surface area contributed by atoms with Crippen LogP contribution in [0, 0.1) is 10.1 Å². The van der Waals surface area contributed by atoms with E-state index in [4.69, 9.17) is 5.73 Å². The number of thioether (sulfide) groups is 1. The molecule has 0 spiro atoms. The number of nitrogens with zero attached hydrogens (tertiary/aromatic N) is 1. The number of hydrogen-bond donors (Lipinski definition) is 2. The maximum Gasteiger partial charge on any atom is 0.292 e. The molecule has 1 aromatic rings. The molecule has 0 aromatic heterocycles. The minimum absolute atomic E-state index is 0.00910. The maximum absolute atomic E-state index is 11.8. The second kappa shape index (κ2) is 6.25. The molecule has 0 heterocycles. The Morgan fingerprint density at radius 3 is 2.78 bits per heavy atom. The van der Waals surface area contributed by atoms with Crippen LogP contribution in [0.3, 0.4) is 0 Å². The average Bonchev–Trinajstić information content (AvgIpc) is 2.28. The van der Waals surface area contributed by atoms with E-state index in [2.05, 4.69) is 5.32 Å². The van der Waals surface area contributed by atoms with Crippen molar-refractivity contribution in [3.63, 3.8) is 0 Å². The third-order valence-corrected chi connectivity index (χ3v) is 3.11. The number of carbonyl (C=O) groups is 1. The predicted octanol–water partition coefficient (Wildman–Crippen LogP) is 1.66. The van der Waals surface area contributed by atoms with Crippen molar-refractivity contribution in [3.05, 3.63) is 33.9 Å². The molecule has 0 saturated carbocycles. The summed E-state index contributed by atoms with van der Waals surface area (Å²) in [5.41, 5.74) is 5.65. The van der Waals surface area contributed by atoms with Crippen LogP contribution in [-0.4, -0.2) is 28.9 Å². The number of nitro groups is 1. The predicted molar refractivity (Wildman–Crippen MR) is 72.8 cm³/mol. The zero-order valence-corrected chi connectivity index (χ0v) is 11.0. The van der Waals surface area contributed by atoms with Crippen LogP contribution in [0.4, 0.5) is 11.4 Å². The molecule has 18 heavy (non-hydrogen) atoms. The lowest BCUT2D eigenvalue weighted by molar-refractivity contribution is -0.383. The van der Waals surface area contributed by atoms with Gasteiger partial charge in [-0.1, -0.05) is 0 Å². The van der Waals surface area contributed by atoms with Crippen molar-refractivity contribution in [2.75, 3.05) is 17.7 Å². The molecule has 0 saturated heterocycles. The van der Waals surface area contributed by atoms with Gasteiger partial charge in [-0.3, -0.25) is 14.9 Å². The van der Waals surface area contributed by atoms with Gasteiger partial charge in [-0.25, -0.2) is 0 Å². The molecule has 3 N–H and O–H groups in total. The molecular weight excluding hydrogens is 254 g/mol. The van der Waals surface area contributed by atoms with Crippen molar-refractivity contribution in [2.24, 2.45) is 0 Å². The third kappa shape index (κ3) is 3.63. The molecule has 0 aliphatic carbocycles. The van der Waals surface area contributed by atoms with E-state index in [-0.39, 0.29) is 23.3 Å². The summed E-state index contributed by atoms with van der Waals surface area (Å²) in [6, 6.07) is 3.99. The van der Waals surface area contributed by atoms with E-state index in [0.717, 1.165) is 5.75 Å². The number of anilines is 1. The van der Waals surface area contributed by atoms with Crippen LogP contribution >= 0.6 is 11.8 Å². The van der Waals surface area contributed by atoms with Crippen molar-refractivity contribution in [2.45, 2.75) is 13.0 Å². The van der Waals surface area contributed by atoms with Crippen LogP contribution in [0.15, 0.2) is 18.2 Å². The highest BCUT2D eigenvalue weighted by molar-refractivity contribution is 7.98. The summed E-state index contributed by atoms with van der Waals surface area (Å²) in [5, 5.41) is 13.4. The van der Waals surface area contributed by atoms with E-state index in [9.17, 15) is 14.9 Å². The molecule has 6 nitrogen and oxygen atoms in total. The number of nitrogens with one attached hydrogen (secondary N) is 1. The molecule has 7 heteroatoms. The molecule has 1 amide bonds. The van der Waals surface area contributed by atoms with Crippen LogP contribution in [0.2, 0.25) is 0 Å². The lowest BCUT2D eigenvalue weighted by Gasteiger charge is -2.12. The minimum atomic E-state index is -0.576. The van der Waals surface area contributed by atoms with E-state index in [1.165, 1.54) is 18.2 Å². The largest absolute Gasteiger partial charge is 0.393 e. The molecule has 0 bridgehead atoms. The van der Waals surface area contributed by atoms with Crippen molar-refractivity contribution in [1.82, 2.24) is 5.32 Å². The first-order valence-corrected chi connectivity index (χ1v) is 6.68. The van der Waals surface area contributed by atoms with Crippen LogP contribution < -0.4 is 11.1 Å². The van der Waals surface area contributed by atoms with Crippen LogP contribution in [0.25, 0.3) is 0 Å². The lowest BCUT2D eigenvalue weighted by atomic mass is 10.1. The maximum atomic E-state index is 11.8. The first kappa shape index (κ1) is 14.3. The van der Waals surface area contributed by atoms with E-state index >= 15 is 0 Å². The summed E-state index contributed by atoms with van der Waals surface area (Å²) >= 11 is 1.63. The van der Waals surface area contributed by atoms with E-state index in [1.54, 1.807) is 11.8 Å². The fraction of sp³-hybridized carbons (Fsp3) is 0.364. The molecule has 1 aromatic carbocycles. The minimum Gasteiger partial charge on any atom is -0.393 e. The zero-order valence-electron chi connectivity index (χ0n) is 10.2. The quantitative estimate of drug-likeness (QED) is 0.481. The molecule has 0 aliphatic heterocycles. The SMILES string of the molecule is CSCC(C)NC(=O)c1ccc([N+](=O)[O-])c(N)c1. The fourth-order valence-corrected chi connectivity index (χ4v) is 2.04. The Balaban J connectivity index is 2.81. The number of nitrogen functional groups attached to an aromatic ring is 1. The van der Waals surface area contributed by atoms with Gasteiger partial charge in [0.25, 0.3) is 11.6 Å². The van der Waals surface area contributed by atoms with Gasteiger partial charge >= 0.3 is 0 Å². The molecule has 1 rings (SSSR count). The topological polar surface area (TPSA) is 98.3 Å². The molecule has 0 aliphatic rings. The number of nitrogens with two attached hydrogens (primary N) is 1. The standard InChI is InChI=1S/C11H15N3O3S/c1-7(6-18-2)13-11(15)8-3-4-10(14(16)17)9(12)5-8/h3-5,7H,6,12H2,1-2H3,(H,13,15). The number of rotatable bonds is 5. The van der Waals surface area contributed by atoms with Gasteiger partial charge in [-0.15, -0.1) is 0 Å². The summed E-state index contributed by atoms with van der Waals surface area (Å²) in [7, 11) is 0. The Kier molecular flexibility index (Phi) is 4.96. The number of amides is 1. The monoisotopic (exact) mass is 269 g/mol. The van der Waals surface area contributed by atoms with Gasteiger partial charge in [-0.2, -0.15) is 11.8 Å². The summed E-state index contributed by atoms with van der Waals surface area (Å²) < 4.78 is 0. The smallest absolute Gasteiger partial charge is 0.292 e. The highest BCUT2D eigenvalue weighted by Crippen LogP contribution is 2.21. The summed E-state index contributed by atoms with van der Waals surface area (Å²) in [6.45, 7) is 1.89. The van der Waals surface area contributed by atoms with Gasteiger partial charge in [-0.05, 0) is 25.3 Å². The number of benzene rings is 1. The average molecular weight is 269 g/mol. The van der Waals surface area contributed by atoms with Crippen molar-refractivity contribution >= 4 is 29.0 Å². The van der Waals surface area contributed by atoms with Crippen molar-refractivity contribution in [3.8, 4) is 0 Å². The second-order valence-corrected chi connectivity index (χ2v) is 4.77. The summed E-state index contributed by atoms with van der Waals surface area (Å²) in [5.74, 6) is 0.520. The highest BCUT2D eigenvalue weighted by Gasteiger charge is 2.15. The Bertz CT molecular complexity index is 465. The molecular formula is C11H15N3O3S. The third-order valence-electron chi connectivity index (χ3n) is 2.28. The van der Waals surface area contributed by atoms with Gasteiger partial charge in [0.2, 0.25) is 0 Å². The van der Waals surface area contributed by atoms with Crippen molar-refractivity contribution < 1.29 is 9.72 Å². The lowest BCUT2D eigenvalue weighted by Crippen LogP contribution is -2.34. The van der Waals surface area contributed by atoms with E-state index in [1.807, 2.05) is 13.2 Å². The normalized spacial score (nSPS) is 11.9. The fourth-order valence-electron chi connectivity index (χ4n) is 1.46. The van der Waals surface area contributed by atoms with Gasteiger partial charge in [0.05, 0.1) is 4.92 Å². The first-order valence-electron chi connectivity index (χ1n) is 5.29. The highest BCUT2D eigenvalue weighted by atomic mass is 32.2. The summed E-state index contributed by atoms with van der Waals surface area (Å²) in [6.07, 6.45) is 1.95. The zero-order chi connectivity index (χ0) is 13.7. The first-order chi connectivity index (χ1) is 8.45. The Morgan fingerprint density at radius 2 is 2.28 bits per heavy atom. The summed E-state index contributed by atoms with van der Waals surface area (Å²) in [4.78, 5) is 21.8. The second-order valence-electron chi connectivity index (χ2n) is 3.86. The van der Waals surface area contributed by atoms with Crippen LogP contribution in [0.5, 0.6) is 0 Å². The molecule has 1 unspecified atom stereocenters. The molecule has 1 atom stereocenters. The number of nitro benzene ring substituents is 1. The number of hydrogen-bond acceptors (Lipinski definition) is 5. The van der Waals surface area contributed by atoms with E-state index in [0.29, 0.717) is 5.56 Å².